The molecule has 4 nitrogen and oxygen atoms in total. The number of carbonyl (C=O) groups excluding carboxylic acids is 1. The number of hydrogen-bond donors (Lipinski definition) is 0. The summed E-state index contributed by atoms with van der Waals surface area (Å²) in [5.74, 6) is 2.27. The van der Waals surface area contributed by atoms with E-state index in [-0.39, 0.29) is 12.0 Å². The first-order valence-corrected chi connectivity index (χ1v) is 6.94. The van der Waals surface area contributed by atoms with E-state index >= 15 is 0 Å². The molecule has 1 fully saturated rings. The molecule has 1 aliphatic carbocycles. The average Bonchev–Trinajstić information content (AvgIpc) is 3.15. The first kappa shape index (κ1) is 11.1. The molecule has 4 rings (SSSR count). The fourth-order valence-corrected chi connectivity index (χ4v) is 2.99. The number of amides is 1. The highest BCUT2D eigenvalue weighted by atomic mass is 16.7. The first-order valence-electron chi connectivity index (χ1n) is 6.94. The lowest BCUT2D eigenvalue weighted by atomic mass is 9.94. The predicted octanol–water partition coefficient (Wildman–Crippen LogP) is 2.10. The topological polar surface area (TPSA) is 38.8 Å². The smallest absolute Gasteiger partial charge is 0.231 e. The van der Waals surface area contributed by atoms with Crippen molar-refractivity contribution in [2.24, 2.45) is 5.92 Å². The molecular formula is C15H17NO3. The number of hydrogen-bond acceptors (Lipinski definition) is 3. The second-order valence-electron chi connectivity index (χ2n) is 5.77. The molecule has 0 spiro atoms. The van der Waals surface area contributed by atoms with Crippen molar-refractivity contribution in [3.63, 3.8) is 0 Å². The van der Waals surface area contributed by atoms with Crippen molar-refractivity contribution >= 4 is 5.91 Å². The van der Waals surface area contributed by atoms with Crippen LogP contribution < -0.4 is 9.47 Å². The van der Waals surface area contributed by atoms with E-state index in [1.165, 1.54) is 11.1 Å². The summed E-state index contributed by atoms with van der Waals surface area (Å²) in [5.41, 5.74) is 2.49. The maximum absolute atomic E-state index is 12.3. The largest absolute Gasteiger partial charge is 0.454 e. The van der Waals surface area contributed by atoms with Crippen molar-refractivity contribution in [1.82, 2.24) is 4.90 Å². The highest BCUT2D eigenvalue weighted by molar-refractivity contribution is 5.81. The quantitative estimate of drug-likeness (QED) is 0.775. The van der Waals surface area contributed by atoms with Gasteiger partial charge in [-0.2, -0.15) is 0 Å². The number of ether oxygens (including phenoxy) is 2. The zero-order valence-electron chi connectivity index (χ0n) is 11.0. The van der Waals surface area contributed by atoms with Gasteiger partial charge in [0.2, 0.25) is 12.7 Å². The molecule has 1 aromatic carbocycles. The molecule has 0 bridgehead atoms. The van der Waals surface area contributed by atoms with E-state index in [2.05, 4.69) is 13.0 Å². The minimum Gasteiger partial charge on any atom is -0.454 e. The Morgan fingerprint density at radius 2 is 1.89 bits per heavy atom. The Bertz CT molecular complexity index is 551. The van der Waals surface area contributed by atoms with Gasteiger partial charge in [0, 0.05) is 18.5 Å². The van der Waals surface area contributed by atoms with Gasteiger partial charge >= 0.3 is 0 Å². The van der Waals surface area contributed by atoms with Gasteiger partial charge < -0.3 is 14.4 Å². The van der Waals surface area contributed by atoms with Gasteiger partial charge in [0.05, 0.1) is 0 Å². The van der Waals surface area contributed by atoms with Crippen LogP contribution >= 0.6 is 0 Å². The van der Waals surface area contributed by atoms with E-state index < -0.39 is 0 Å². The predicted molar refractivity (Wildman–Crippen MR) is 69.0 cm³/mol. The Morgan fingerprint density at radius 3 is 2.58 bits per heavy atom. The summed E-state index contributed by atoms with van der Waals surface area (Å²) in [4.78, 5) is 14.3. The van der Waals surface area contributed by atoms with Crippen LogP contribution in [-0.2, 0) is 17.8 Å². The van der Waals surface area contributed by atoms with Crippen LogP contribution in [0.3, 0.4) is 0 Å². The molecule has 1 aromatic rings. The molecule has 0 aromatic heterocycles. The van der Waals surface area contributed by atoms with Gasteiger partial charge in [0.15, 0.2) is 11.5 Å². The molecule has 3 aliphatic rings. The second-order valence-corrected chi connectivity index (χ2v) is 5.77. The number of rotatable bonds is 1. The molecule has 0 N–H and O–H groups in total. The molecule has 4 heteroatoms. The van der Waals surface area contributed by atoms with Crippen LogP contribution in [0, 0.1) is 5.92 Å². The van der Waals surface area contributed by atoms with Gasteiger partial charge in [-0.25, -0.2) is 0 Å². The van der Waals surface area contributed by atoms with Crippen LogP contribution in [0.2, 0.25) is 0 Å². The zero-order valence-corrected chi connectivity index (χ0v) is 11.0. The van der Waals surface area contributed by atoms with Crippen molar-refractivity contribution in [3.8, 4) is 11.5 Å². The van der Waals surface area contributed by atoms with Crippen molar-refractivity contribution in [3.05, 3.63) is 23.3 Å². The molecule has 0 radical (unpaired) electrons. The number of fused-ring (bicyclic) bond motifs is 2. The first-order chi connectivity index (χ1) is 9.22. The Balaban J connectivity index is 1.66. The van der Waals surface area contributed by atoms with Crippen molar-refractivity contribution in [2.45, 2.75) is 38.8 Å². The van der Waals surface area contributed by atoms with Crippen LogP contribution in [-0.4, -0.2) is 23.6 Å². The van der Waals surface area contributed by atoms with Crippen molar-refractivity contribution in [1.29, 1.82) is 0 Å². The van der Waals surface area contributed by atoms with Crippen LogP contribution in [0.4, 0.5) is 0 Å². The Kier molecular flexibility index (Phi) is 2.28. The fraction of sp³-hybridized carbons (Fsp3) is 0.533. The third-order valence-corrected chi connectivity index (χ3v) is 4.29. The van der Waals surface area contributed by atoms with Crippen LogP contribution in [0.25, 0.3) is 0 Å². The number of carbonyl (C=O) groups is 1. The summed E-state index contributed by atoms with van der Waals surface area (Å²) in [6.45, 7) is 3.15. The van der Waals surface area contributed by atoms with Crippen LogP contribution in [0.1, 0.15) is 30.9 Å². The summed E-state index contributed by atoms with van der Waals surface area (Å²) < 4.78 is 10.8. The molecule has 2 aliphatic heterocycles. The average molecular weight is 259 g/mol. The molecule has 100 valence electrons. The second kappa shape index (κ2) is 3.89. The number of benzene rings is 1. The van der Waals surface area contributed by atoms with E-state index in [0.29, 0.717) is 19.2 Å². The monoisotopic (exact) mass is 259 g/mol. The molecule has 0 saturated heterocycles. The van der Waals surface area contributed by atoms with Gasteiger partial charge in [0.1, 0.15) is 0 Å². The highest BCUT2D eigenvalue weighted by Crippen LogP contribution is 2.39. The van der Waals surface area contributed by atoms with E-state index in [4.69, 9.17) is 9.47 Å². The summed E-state index contributed by atoms with van der Waals surface area (Å²) in [6, 6.07) is 4.39. The Hall–Kier alpha value is -1.71. The van der Waals surface area contributed by atoms with Crippen LogP contribution in [0.5, 0.6) is 11.5 Å². The maximum Gasteiger partial charge on any atom is 0.231 e. The third-order valence-electron chi connectivity index (χ3n) is 4.29. The lowest BCUT2D eigenvalue weighted by Crippen LogP contribution is -2.43. The maximum atomic E-state index is 12.3. The molecule has 19 heavy (non-hydrogen) atoms. The van der Waals surface area contributed by atoms with E-state index in [0.717, 1.165) is 30.8 Å². The highest BCUT2D eigenvalue weighted by Gasteiger charge is 2.37. The SMILES string of the molecule is C[C@@H]1Cc2cc3c(cc2CN1C(=O)C1CC1)OCO3. The summed E-state index contributed by atoms with van der Waals surface area (Å²) >= 11 is 0. The molecule has 1 saturated carbocycles. The van der Waals surface area contributed by atoms with Crippen molar-refractivity contribution < 1.29 is 14.3 Å². The molecular weight excluding hydrogens is 242 g/mol. The normalized spacial score (nSPS) is 24.3. The lowest BCUT2D eigenvalue weighted by molar-refractivity contribution is -0.135. The van der Waals surface area contributed by atoms with Gasteiger partial charge in [-0.1, -0.05) is 0 Å². The standard InChI is InChI=1S/C15H17NO3/c1-9-4-11-5-13-14(19-8-18-13)6-12(11)7-16(9)15(17)10-2-3-10/h5-6,9-10H,2-4,7-8H2,1H3/t9-/m1/s1. The van der Waals surface area contributed by atoms with Crippen molar-refractivity contribution in [2.75, 3.05) is 6.79 Å². The third kappa shape index (κ3) is 1.78. The minimum absolute atomic E-state index is 0.279. The fourth-order valence-electron chi connectivity index (χ4n) is 2.99. The number of nitrogens with zero attached hydrogens (tertiary/aromatic N) is 1. The van der Waals surface area contributed by atoms with E-state index in [1.807, 2.05) is 11.0 Å². The van der Waals surface area contributed by atoms with Gasteiger partial charge in [-0.15, -0.1) is 0 Å². The molecule has 2 heterocycles. The van der Waals surface area contributed by atoms with Gasteiger partial charge in [0.25, 0.3) is 0 Å². The summed E-state index contributed by atoms with van der Waals surface area (Å²) in [7, 11) is 0. The molecule has 1 atom stereocenters. The lowest BCUT2D eigenvalue weighted by Gasteiger charge is -2.35. The van der Waals surface area contributed by atoms with Crippen LogP contribution in [0.15, 0.2) is 12.1 Å². The van der Waals surface area contributed by atoms with E-state index in [1.54, 1.807) is 0 Å². The summed E-state index contributed by atoms with van der Waals surface area (Å²) in [5, 5.41) is 0. The Labute approximate surface area is 112 Å². The van der Waals surface area contributed by atoms with E-state index in [9.17, 15) is 4.79 Å². The Morgan fingerprint density at radius 1 is 1.21 bits per heavy atom. The van der Waals surface area contributed by atoms with Gasteiger partial charge in [-0.3, -0.25) is 4.79 Å². The van der Waals surface area contributed by atoms with Gasteiger partial charge in [-0.05, 0) is 49.4 Å². The summed E-state index contributed by atoms with van der Waals surface area (Å²) in [6.07, 6.45) is 3.04. The minimum atomic E-state index is 0.279. The molecule has 0 unspecified atom stereocenters. The molecule has 1 amide bonds. The zero-order chi connectivity index (χ0) is 13.0.